The minimum atomic E-state index is -0.253. The first-order valence-electron chi connectivity index (χ1n) is 3.92. The van der Waals surface area contributed by atoms with Gasteiger partial charge in [0.25, 0.3) is 0 Å². The predicted octanol–water partition coefficient (Wildman–Crippen LogP) is 0.967. The largest absolute Gasteiger partial charge is 0.468 e. The summed E-state index contributed by atoms with van der Waals surface area (Å²) in [6.07, 6.45) is 1.79. The number of nitrogens with one attached hydrogen (secondary N) is 1. The average molecular weight is 200 g/mol. The summed E-state index contributed by atoms with van der Waals surface area (Å²) in [6, 6.07) is 0.145. The lowest BCUT2D eigenvalue weighted by Gasteiger charge is -2.09. The van der Waals surface area contributed by atoms with E-state index < -0.39 is 0 Å². The minimum absolute atomic E-state index is 0.145. The molecule has 0 saturated carbocycles. The van der Waals surface area contributed by atoms with Gasteiger partial charge < -0.3 is 4.74 Å². The molecule has 1 N–H and O–H groups in total. The van der Waals surface area contributed by atoms with E-state index in [1.807, 2.05) is 6.92 Å². The SMILES string of the molecule is COC(=O)CNC(C)c1cncs1. The molecule has 1 rings (SSSR count). The smallest absolute Gasteiger partial charge is 0.319 e. The van der Waals surface area contributed by atoms with Crippen LogP contribution in [0.15, 0.2) is 11.7 Å². The number of rotatable bonds is 4. The van der Waals surface area contributed by atoms with E-state index in [1.54, 1.807) is 23.0 Å². The van der Waals surface area contributed by atoms with Gasteiger partial charge in [0.05, 0.1) is 19.2 Å². The van der Waals surface area contributed by atoms with Crippen LogP contribution in [0.25, 0.3) is 0 Å². The molecule has 5 heteroatoms. The molecule has 0 radical (unpaired) electrons. The molecule has 4 nitrogen and oxygen atoms in total. The van der Waals surface area contributed by atoms with Gasteiger partial charge in [-0.2, -0.15) is 0 Å². The normalized spacial score (nSPS) is 12.5. The van der Waals surface area contributed by atoms with Crippen molar-refractivity contribution in [1.29, 1.82) is 0 Å². The molecule has 0 aliphatic rings. The molecule has 1 atom stereocenters. The average Bonchev–Trinajstić information content (AvgIpc) is 2.66. The lowest BCUT2D eigenvalue weighted by atomic mass is 10.3. The molecule has 0 aliphatic carbocycles. The van der Waals surface area contributed by atoms with E-state index in [2.05, 4.69) is 15.0 Å². The molecule has 0 aromatic carbocycles. The fourth-order valence-corrected chi connectivity index (χ4v) is 1.50. The first-order valence-corrected chi connectivity index (χ1v) is 4.80. The van der Waals surface area contributed by atoms with Crippen LogP contribution in [0.3, 0.4) is 0 Å². The summed E-state index contributed by atoms with van der Waals surface area (Å²) in [6.45, 7) is 2.21. The van der Waals surface area contributed by atoms with Gasteiger partial charge in [0.1, 0.15) is 0 Å². The van der Waals surface area contributed by atoms with E-state index in [-0.39, 0.29) is 18.6 Å². The zero-order valence-corrected chi connectivity index (χ0v) is 8.43. The monoisotopic (exact) mass is 200 g/mol. The van der Waals surface area contributed by atoms with Crippen LogP contribution in [0, 0.1) is 0 Å². The van der Waals surface area contributed by atoms with Crippen molar-refractivity contribution in [1.82, 2.24) is 10.3 Å². The van der Waals surface area contributed by atoms with Crippen molar-refractivity contribution in [3.8, 4) is 0 Å². The second-order valence-corrected chi connectivity index (χ2v) is 3.50. The van der Waals surface area contributed by atoms with E-state index in [4.69, 9.17) is 0 Å². The number of esters is 1. The number of aromatic nitrogens is 1. The van der Waals surface area contributed by atoms with E-state index in [0.29, 0.717) is 0 Å². The maximum Gasteiger partial charge on any atom is 0.319 e. The Kier molecular flexibility index (Phi) is 3.85. The molecule has 1 aromatic heterocycles. The van der Waals surface area contributed by atoms with Crippen molar-refractivity contribution in [3.63, 3.8) is 0 Å². The lowest BCUT2D eigenvalue weighted by Crippen LogP contribution is -2.26. The van der Waals surface area contributed by atoms with Gasteiger partial charge in [-0.25, -0.2) is 0 Å². The first-order chi connectivity index (χ1) is 6.24. The van der Waals surface area contributed by atoms with Gasteiger partial charge in [0.15, 0.2) is 0 Å². The second kappa shape index (κ2) is 4.94. The zero-order chi connectivity index (χ0) is 9.68. The van der Waals surface area contributed by atoms with E-state index in [0.717, 1.165) is 4.88 Å². The Balaban J connectivity index is 2.34. The van der Waals surface area contributed by atoms with Crippen molar-refractivity contribution in [2.75, 3.05) is 13.7 Å². The van der Waals surface area contributed by atoms with Gasteiger partial charge in [-0.15, -0.1) is 11.3 Å². The number of carbonyl (C=O) groups is 1. The van der Waals surface area contributed by atoms with E-state index in [9.17, 15) is 4.79 Å². The summed E-state index contributed by atoms with van der Waals surface area (Å²) >= 11 is 1.56. The van der Waals surface area contributed by atoms with Crippen LogP contribution in [-0.4, -0.2) is 24.6 Å². The van der Waals surface area contributed by atoms with Crippen LogP contribution < -0.4 is 5.32 Å². The number of methoxy groups -OCH3 is 1. The quantitative estimate of drug-likeness (QED) is 0.736. The van der Waals surface area contributed by atoms with Gasteiger partial charge in [-0.1, -0.05) is 0 Å². The number of hydrogen-bond donors (Lipinski definition) is 1. The molecule has 0 bridgehead atoms. The Bertz CT molecular complexity index is 261. The summed E-state index contributed by atoms with van der Waals surface area (Å²) in [7, 11) is 1.38. The maximum absolute atomic E-state index is 10.8. The third-order valence-electron chi connectivity index (χ3n) is 1.66. The molecule has 0 saturated heterocycles. The summed E-state index contributed by atoms with van der Waals surface area (Å²) in [5.41, 5.74) is 1.77. The topological polar surface area (TPSA) is 51.2 Å². The highest BCUT2D eigenvalue weighted by Crippen LogP contribution is 2.15. The number of hydrogen-bond acceptors (Lipinski definition) is 5. The van der Waals surface area contributed by atoms with E-state index in [1.165, 1.54) is 7.11 Å². The molecular weight excluding hydrogens is 188 g/mol. The fourth-order valence-electron chi connectivity index (χ4n) is 0.849. The van der Waals surface area contributed by atoms with Crippen molar-refractivity contribution in [2.24, 2.45) is 0 Å². The summed E-state index contributed by atoms with van der Waals surface area (Å²) in [4.78, 5) is 15.9. The van der Waals surface area contributed by atoms with E-state index >= 15 is 0 Å². The Morgan fingerprint density at radius 1 is 1.85 bits per heavy atom. The van der Waals surface area contributed by atoms with Crippen LogP contribution in [-0.2, 0) is 9.53 Å². The molecule has 0 fully saturated rings. The van der Waals surface area contributed by atoms with Gasteiger partial charge in [-0.3, -0.25) is 15.1 Å². The fraction of sp³-hybridized carbons (Fsp3) is 0.500. The lowest BCUT2D eigenvalue weighted by molar-refractivity contribution is -0.139. The van der Waals surface area contributed by atoms with Gasteiger partial charge in [0, 0.05) is 17.1 Å². The third-order valence-corrected chi connectivity index (χ3v) is 2.62. The van der Waals surface area contributed by atoms with Gasteiger partial charge >= 0.3 is 5.97 Å². The Labute approximate surface area is 80.9 Å². The van der Waals surface area contributed by atoms with Crippen LogP contribution in [0.1, 0.15) is 17.8 Å². The van der Waals surface area contributed by atoms with Gasteiger partial charge in [0.2, 0.25) is 0 Å². The number of ether oxygens (including phenoxy) is 1. The summed E-state index contributed by atoms with van der Waals surface area (Å²) < 4.78 is 4.50. The number of thiazole rings is 1. The molecule has 0 amide bonds. The summed E-state index contributed by atoms with van der Waals surface area (Å²) in [5.74, 6) is -0.253. The van der Waals surface area contributed by atoms with Crippen LogP contribution >= 0.6 is 11.3 Å². The molecule has 0 spiro atoms. The molecular formula is C8H12N2O2S. The number of nitrogens with zero attached hydrogens (tertiary/aromatic N) is 1. The standard InChI is InChI=1S/C8H12N2O2S/c1-6(7-3-9-5-13-7)10-4-8(11)12-2/h3,5-6,10H,4H2,1-2H3. The second-order valence-electron chi connectivity index (χ2n) is 2.58. The highest BCUT2D eigenvalue weighted by Gasteiger charge is 2.08. The summed E-state index contributed by atoms with van der Waals surface area (Å²) in [5, 5.41) is 3.03. The zero-order valence-electron chi connectivity index (χ0n) is 7.61. The highest BCUT2D eigenvalue weighted by atomic mass is 32.1. The maximum atomic E-state index is 10.8. The van der Waals surface area contributed by atoms with Crippen molar-refractivity contribution >= 4 is 17.3 Å². The molecule has 1 unspecified atom stereocenters. The molecule has 72 valence electrons. The van der Waals surface area contributed by atoms with Crippen molar-refractivity contribution in [2.45, 2.75) is 13.0 Å². The van der Waals surface area contributed by atoms with Crippen LogP contribution in [0.4, 0.5) is 0 Å². The number of carbonyl (C=O) groups excluding carboxylic acids is 1. The highest BCUT2D eigenvalue weighted by molar-refractivity contribution is 7.09. The predicted molar refractivity (Wildman–Crippen MR) is 50.5 cm³/mol. The van der Waals surface area contributed by atoms with Gasteiger partial charge in [-0.05, 0) is 6.92 Å². The van der Waals surface area contributed by atoms with Crippen LogP contribution in [0.2, 0.25) is 0 Å². The minimum Gasteiger partial charge on any atom is -0.468 e. The Hall–Kier alpha value is -0.940. The Morgan fingerprint density at radius 3 is 3.15 bits per heavy atom. The third kappa shape index (κ3) is 3.12. The molecule has 0 aliphatic heterocycles. The first kappa shape index (κ1) is 10.1. The van der Waals surface area contributed by atoms with Crippen molar-refractivity contribution in [3.05, 3.63) is 16.6 Å². The molecule has 1 heterocycles. The molecule has 1 aromatic rings. The Morgan fingerprint density at radius 2 is 2.62 bits per heavy atom. The van der Waals surface area contributed by atoms with Crippen LogP contribution in [0.5, 0.6) is 0 Å². The van der Waals surface area contributed by atoms with Crippen molar-refractivity contribution < 1.29 is 9.53 Å². The molecule has 13 heavy (non-hydrogen) atoms.